The van der Waals surface area contributed by atoms with Crippen molar-refractivity contribution in [1.82, 2.24) is 30.5 Å². The Hall–Kier alpha value is -6.96. The van der Waals surface area contributed by atoms with Crippen molar-refractivity contribution < 1.29 is 48.1 Å². The van der Waals surface area contributed by atoms with E-state index in [1.807, 2.05) is 35.8 Å². The molecule has 70 heavy (non-hydrogen) atoms. The number of hydrogen-bond acceptors (Lipinski definition) is 13. The number of rotatable bonds is 30. The Morgan fingerprint density at radius 2 is 1.60 bits per heavy atom. The molecule has 21 heteroatoms. The molecule has 2 aromatic heterocycles. The van der Waals surface area contributed by atoms with Crippen molar-refractivity contribution in [2.45, 2.75) is 137 Å². The highest BCUT2D eigenvalue weighted by molar-refractivity contribution is 6.10. The fraction of sp³-hybridized carbons (Fsp3) is 0.531. The number of unbranched alkanes of at least 4 members (excludes halogenated alkanes) is 2. The number of ether oxygens (including phenoxy) is 2. The van der Waals surface area contributed by atoms with Crippen LogP contribution in [0.15, 0.2) is 53.6 Å². The van der Waals surface area contributed by atoms with Crippen LogP contribution in [0.1, 0.15) is 110 Å². The molecule has 0 spiro atoms. The summed E-state index contributed by atoms with van der Waals surface area (Å²) in [6.45, 7) is 10.8. The second-order valence-electron chi connectivity index (χ2n) is 18.2. The van der Waals surface area contributed by atoms with Crippen LogP contribution in [0.25, 0.3) is 32.4 Å². The lowest BCUT2D eigenvalue weighted by Gasteiger charge is -2.24. The molecule has 7 N–H and O–H groups in total. The number of azide groups is 1. The van der Waals surface area contributed by atoms with Gasteiger partial charge in [-0.2, -0.15) is 0 Å². The molecule has 2 heterocycles. The topological polar surface area (TPSA) is 312 Å². The summed E-state index contributed by atoms with van der Waals surface area (Å²) in [5.74, 6) is -2.72. The first-order valence-electron chi connectivity index (χ1n) is 23.6. The summed E-state index contributed by atoms with van der Waals surface area (Å²) in [4.78, 5) is 101. The number of nitrogens with one attached hydrogen (secondary N) is 4. The van der Waals surface area contributed by atoms with Crippen LogP contribution in [0.5, 0.6) is 0 Å². The number of ketones is 2. The van der Waals surface area contributed by atoms with Gasteiger partial charge in [-0.1, -0.05) is 74.3 Å². The maximum absolute atomic E-state index is 13.8. The molecular weight excluding hydrogens is 903 g/mol. The lowest BCUT2D eigenvalue weighted by atomic mass is 9.89. The van der Waals surface area contributed by atoms with Crippen LogP contribution < -0.4 is 27.0 Å². The van der Waals surface area contributed by atoms with Gasteiger partial charge in [0.1, 0.15) is 36.4 Å². The van der Waals surface area contributed by atoms with Gasteiger partial charge in [-0.15, -0.1) is 0 Å². The van der Waals surface area contributed by atoms with E-state index >= 15 is 0 Å². The maximum atomic E-state index is 13.8. The van der Waals surface area contributed by atoms with E-state index in [0.717, 1.165) is 5.39 Å². The van der Waals surface area contributed by atoms with Gasteiger partial charge in [-0.25, -0.2) is 14.8 Å². The van der Waals surface area contributed by atoms with Crippen LogP contribution in [-0.2, 0) is 64.4 Å². The van der Waals surface area contributed by atoms with Crippen LogP contribution in [0, 0.1) is 11.8 Å². The summed E-state index contributed by atoms with van der Waals surface area (Å²) in [5.41, 5.74) is 15.7. The zero-order chi connectivity index (χ0) is 51.4. The number of nitrogens with two attached hydrogens (primary N) is 1. The summed E-state index contributed by atoms with van der Waals surface area (Å²) in [5, 5.41) is 25.8. The zero-order valence-electron chi connectivity index (χ0n) is 40.9. The lowest BCUT2D eigenvalue weighted by Crippen LogP contribution is -2.46. The Labute approximate surface area is 407 Å². The van der Waals surface area contributed by atoms with Crippen molar-refractivity contribution in [1.29, 1.82) is 0 Å². The van der Waals surface area contributed by atoms with Crippen LogP contribution in [0.4, 0.5) is 10.6 Å². The highest BCUT2D eigenvalue weighted by atomic mass is 16.5. The fourth-order valence-electron chi connectivity index (χ4n) is 7.82. The molecule has 0 saturated carbocycles. The predicted molar refractivity (Wildman–Crippen MR) is 262 cm³/mol. The molecule has 0 fully saturated rings. The third-order valence-corrected chi connectivity index (χ3v) is 11.3. The number of aliphatic hydroxyl groups is 1. The molecular formula is C49H67N11O10. The average Bonchev–Trinajstić information content (AvgIpc) is 3.65. The van der Waals surface area contributed by atoms with E-state index < -0.39 is 53.2 Å². The molecule has 378 valence electrons. The maximum Gasteiger partial charge on any atom is 0.312 e. The predicted octanol–water partition coefficient (Wildman–Crippen LogP) is 5.62. The number of nitrogens with zero attached hydrogens (tertiary/aromatic N) is 6. The number of primary amides is 1. The summed E-state index contributed by atoms with van der Waals surface area (Å²) >= 11 is 0. The molecule has 0 unspecified atom stereocenters. The first-order chi connectivity index (χ1) is 33.3. The fourth-order valence-corrected chi connectivity index (χ4v) is 7.82. The minimum Gasteiger partial charge on any atom is -0.461 e. The molecule has 4 aromatic rings. The number of anilines is 1. The Morgan fingerprint density at radius 1 is 0.900 bits per heavy atom. The number of carbonyl (C=O) groups is 7. The van der Waals surface area contributed by atoms with Gasteiger partial charge in [0.15, 0.2) is 11.6 Å². The summed E-state index contributed by atoms with van der Waals surface area (Å²) in [6.07, 6.45) is 2.31. The summed E-state index contributed by atoms with van der Waals surface area (Å²) < 4.78 is 13.1. The van der Waals surface area contributed by atoms with Gasteiger partial charge < -0.3 is 46.1 Å². The number of Topliss-reactive ketones (excluding diaryl/α,β-unsaturated/α-hetero) is 2. The van der Waals surface area contributed by atoms with Crippen molar-refractivity contribution in [3.8, 4) is 0 Å². The van der Waals surface area contributed by atoms with Crippen LogP contribution in [0.2, 0.25) is 0 Å². The quantitative estimate of drug-likeness (QED) is 0.0122. The molecule has 5 amide bonds. The van der Waals surface area contributed by atoms with Gasteiger partial charge in [0.2, 0.25) is 17.7 Å². The number of fused-ring (bicyclic) bond motifs is 3. The molecule has 0 bridgehead atoms. The molecule has 2 aromatic carbocycles. The van der Waals surface area contributed by atoms with Gasteiger partial charge in [0, 0.05) is 55.6 Å². The largest absolute Gasteiger partial charge is 0.461 e. The first-order valence-corrected chi connectivity index (χ1v) is 23.6. The van der Waals surface area contributed by atoms with Crippen LogP contribution in [0.3, 0.4) is 0 Å². The van der Waals surface area contributed by atoms with Crippen molar-refractivity contribution in [3.05, 3.63) is 75.9 Å². The minimum absolute atomic E-state index is 0.00241. The van der Waals surface area contributed by atoms with Crippen molar-refractivity contribution >= 4 is 69.0 Å². The Bertz CT molecular complexity index is 2510. The van der Waals surface area contributed by atoms with Crippen LogP contribution >= 0.6 is 0 Å². The molecule has 21 nitrogen and oxygen atoms in total. The second kappa shape index (κ2) is 27.3. The molecule has 0 saturated heterocycles. The monoisotopic (exact) mass is 970 g/mol. The van der Waals surface area contributed by atoms with Gasteiger partial charge in [-0.05, 0) is 75.1 Å². The molecule has 0 aliphatic carbocycles. The Balaban J connectivity index is 1.31. The molecule has 0 aliphatic rings. The number of amides is 5. The van der Waals surface area contributed by atoms with Crippen molar-refractivity contribution in [2.24, 2.45) is 22.7 Å². The number of urea groups is 1. The third-order valence-electron chi connectivity index (χ3n) is 11.3. The molecule has 0 aliphatic heterocycles. The van der Waals surface area contributed by atoms with E-state index in [1.165, 1.54) is 6.92 Å². The smallest absolute Gasteiger partial charge is 0.312 e. The van der Waals surface area contributed by atoms with Crippen molar-refractivity contribution in [2.75, 3.05) is 25.0 Å². The average molecular weight is 970 g/mol. The van der Waals surface area contributed by atoms with Crippen LogP contribution in [-0.4, -0.2) is 98.3 Å². The SMILES string of the molecule is CCOCc1nc2c(NC(=O)[C@H](CCCCCC(=O)OCc3ccc(CC(=O)[C@H](CCCNC(N)=O)NC(=O)[C@@H](CC(=O)CN=[N+]=[N-])C(C)C)cc3)NC(C)=O)nc3ccccc3c2n1CC(C)(C)O. The standard InChI is InChI=1S/C49H67N11O10/c1-7-69-28-41-57-43-44(60(41)29-49(5,6)68)35-14-11-12-15-37(35)55-45(43)58-47(66)39(54-31(4)61)16-9-8-10-18-42(64)70-27-33-21-19-32(20-22-33)24-40(63)38(17-13-23-52-48(50)67)56-46(65)36(30(2)3)25-34(62)26-53-59-51/h11-12,14-15,19-22,30,36,38-39,68H,7-10,13,16-18,23-29H2,1-6H3,(H,54,61)(H,56,65)(H3,50,52,67)(H,55,58,66)/t36-,38-,39-/m0/s1. The van der Waals surface area contributed by atoms with E-state index in [9.17, 15) is 38.7 Å². The first kappa shape index (κ1) is 55.6. The molecule has 4 rings (SSSR count). The number of benzene rings is 2. The van der Waals surface area contributed by atoms with E-state index in [4.69, 9.17) is 30.7 Å². The second-order valence-corrected chi connectivity index (χ2v) is 18.2. The van der Waals surface area contributed by atoms with Crippen molar-refractivity contribution in [3.63, 3.8) is 0 Å². The molecule has 0 radical (unpaired) electrons. The van der Waals surface area contributed by atoms with Gasteiger partial charge in [-0.3, -0.25) is 28.8 Å². The summed E-state index contributed by atoms with van der Waals surface area (Å²) in [6, 6.07) is 11.8. The number of carbonyl (C=O) groups excluding carboxylic acids is 7. The zero-order valence-corrected chi connectivity index (χ0v) is 40.9. The Morgan fingerprint density at radius 3 is 2.26 bits per heavy atom. The number of aromatic nitrogens is 3. The highest BCUT2D eigenvalue weighted by Gasteiger charge is 2.30. The van der Waals surface area contributed by atoms with E-state index in [-0.39, 0.29) is 88.4 Å². The Kier molecular flexibility index (Phi) is 21.7. The summed E-state index contributed by atoms with van der Waals surface area (Å²) in [7, 11) is 0. The highest BCUT2D eigenvalue weighted by Crippen LogP contribution is 2.32. The van der Waals surface area contributed by atoms with Gasteiger partial charge >= 0.3 is 12.0 Å². The number of hydrogen-bond donors (Lipinski definition) is 6. The van der Waals surface area contributed by atoms with E-state index in [1.54, 1.807) is 52.0 Å². The number of para-hydroxylation sites is 1. The minimum atomic E-state index is -1.10. The van der Waals surface area contributed by atoms with Gasteiger partial charge in [0.05, 0.1) is 35.8 Å². The third kappa shape index (κ3) is 17.8. The molecule has 3 atom stereocenters. The lowest BCUT2D eigenvalue weighted by molar-refractivity contribution is -0.145. The normalized spacial score (nSPS) is 12.7. The van der Waals surface area contributed by atoms with E-state index in [0.29, 0.717) is 65.8 Å². The van der Waals surface area contributed by atoms with Gasteiger partial charge in [0.25, 0.3) is 0 Å². The number of esters is 1. The number of pyridine rings is 1. The number of imidazole rings is 1. The van der Waals surface area contributed by atoms with E-state index in [2.05, 4.69) is 31.3 Å².